The highest BCUT2D eigenvalue weighted by Gasteiger charge is 2.36. The van der Waals surface area contributed by atoms with Crippen LogP contribution in [0.1, 0.15) is 6.42 Å². The van der Waals surface area contributed by atoms with Gasteiger partial charge in [0.1, 0.15) is 11.5 Å². The van der Waals surface area contributed by atoms with Crippen LogP contribution in [-0.4, -0.2) is 30.5 Å². The summed E-state index contributed by atoms with van der Waals surface area (Å²) in [6.45, 7) is 0.133. The van der Waals surface area contributed by atoms with Crippen LogP contribution in [-0.2, 0) is 9.59 Å². The molecule has 0 spiro atoms. The quantitative estimate of drug-likeness (QED) is 0.934. The predicted octanol–water partition coefficient (Wildman–Crippen LogP) is 2.22. The van der Waals surface area contributed by atoms with Gasteiger partial charge in [0.2, 0.25) is 17.7 Å². The van der Waals surface area contributed by atoms with E-state index in [1.165, 1.54) is 24.1 Å². The Labute approximate surface area is 138 Å². The standard InChI is InChI=1S/C17H16FN3O3/c1-24-17-13(6-4-8-19-17)20-16(23)11-9-15(22)21(10-11)14-7-3-2-5-12(14)18/h2-8,11H,9-10H2,1H3,(H,20,23)/t11-/m1/s1. The van der Waals surface area contributed by atoms with Crippen molar-refractivity contribution in [2.24, 2.45) is 5.92 Å². The number of anilines is 2. The Bertz CT molecular complexity index is 781. The highest BCUT2D eigenvalue weighted by Crippen LogP contribution is 2.29. The minimum Gasteiger partial charge on any atom is -0.480 e. The minimum atomic E-state index is -0.568. The van der Waals surface area contributed by atoms with Crippen molar-refractivity contribution in [3.8, 4) is 5.88 Å². The van der Waals surface area contributed by atoms with Gasteiger partial charge in [0.25, 0.3) is 0 Å². The Morgan fingerprint density at radius 2 is 2.12 bits per heavy atom. The number of methoxy groups -OCH3 is 1. The van der Waals surface area contributed by atoms with Crippen LogP contribution in [0.2, 0.25) is 0 Å². The van der Waals surface area contributed by atoms with E-state index in [1.807, 2.05) is 0 Å². The molecule has 1 atom stereocenters. The third-order valence-corrected chi connectivity index (χ3v) is 3.86. The normalized spacial score (nSPS) is 17.0. The fourth-order valence-corrected chi connectivity index (χ4v) is 2.67. The van der Waals surface area contributed by atoms with Gasteiger partial charge in [-0.05, 0) is 24.3 Å². The Morgan fingerprint density at radius 3 is 2.88 bits per heavy atom. The van der Waals surface area contributed by atoms with Crippen molar-refractivity contribution in [1.82, 2.24) is 4.98 Å². The number of carbonyl (C=O) groups excluding carboxylic acids is 2. The highest BCUT2D eigenvalue weighted by atomic mass is 19.1. The van der Waals surface area contributed by atoms with Gasteiger partial charge in [-0.15, -0.1) is 0 Å². The van der Waals surface area contributed by atoms with E-state index in [1.54, 1.807) is 30.5 Å². The molecule has 2 heterocycles. The smallest absolute Gasteiger partial charge is 0.237 e. The molecule has 1 saturated heterocycles. The highest BCUT2D eigenvalue weighted by molar-refractivity contribution is 6.03. The number of benzene rings is 1. The molecule has 124 valence electrons. The average Bonchev–Trinajstić information content (AvgIpc) is 2.97. The van der Waals surface area contributed by atoms with E-state index in [0.29, 0.717) is 11.6 Å². The van der Waals surface area contributed by atoms with Crippen LogP contribution in [0.4, 0.5) is 15.8 Å². The van der Waals surface area contributed by atoms with Gasteiger partial charge in [-0.3, -0.25) is 9.59 Å². The summed E-state index contributed by atoms with van der Waals surface area (Å²) in [6, 6.07) is 9.35. The van der Waals surface area contributed by atoms with E-state index in [0.717, 1.165) is 0 Å². The molecule has 2 amide bonds. The number of amides is 2. The zero-order chi connectivity index (χ0) is 17.1. The molecule has 1 aromatic carbocycles. The number of aromatic nitrogens is 1. The molecule has 2 aromatic rings. The summed E-state index contributed by atoms with van der Waals surface area (Å²) in [4.78, 5) is 29.9. The molecule has 1 N–H and O–H groups in total. The number of rotatable bonds is 4. The van der Waals surface area contributed by atoms with Gasteiger partial charge in [0.05, 0.1) is 18.7 Å². The van der Waals surface area contributed by atoms with E-state index in [4.69, 9.17) is 4.74 Å². The Balaban J connectivity index is 1.74. The van der Waals surface area contributed by atoms with Gasteiger partial charge in [-0.2, -0.15) is 0 Å². The zero-order valence-corrected chi connectivity index (χ0v) is 13.0. The van der Waals surface area contributed by atoms with Crippen molar-refractivity contribution < 1.29 is 18.7 Å². The summed E-state index contributed by atoms with van der Waals surface area (Å²) in [6.07, 6.45) is 1.58. The molecule has 1 fully saturated rings. The summed E-state index contributed by atoms with van der Waals surface area (Å²) in [7, 11) is 1.46. The molecule has 1 aliphatic heterocycles. The van der Waals surface area contributed by atoms with E-state index >= 15 is 0 Å². The van der Waals surface area contributed by atoms with Gasteiger partial charge in [-0.25, -0.2) is 9.37 Å². The van der Waals surface area contributed by atoms with Crippen molar-refractivity contribution in [3.05, 3.63) is 48.4 Å². The maximum atomic E-state index is 13.9. The van der Waals surface area contributed by atoms with Crippen molar-refractivity contribution in [2.45, 2.75) is 6.42 Å². The van der Waals surface area contributed by atoms with Gasteiger partial charge in [0.15, 0.2) is 0 Å². The van der Waals surface area contributed by atoms with E-state index in [-0.39, 0.29) is 30.5 Å². The Morgan fingerprint density at radius 1 is 1.33 bits per heavy atom. The van der Waals surface area contributed by atoms with Gasteiger partial charge < -0.3 is 15.0 Å². The maximum absolute atomic E-state index is 13.9. The number of ether oxygens (including phenoxy) is 1. The van der Waals surface area contributed by atoms with E-state index in [9.17, 15) is 14.0 Å². The maximum Gasteiger partial charge on any atom is 0.237 e. The number of nitrogens with zero attached hydrogens (tertiary/aromatic N) is 2. The topological polar surface area (TPSA) is 71.5 Å². The second kappa shape index (κ2) is 6.66. The first-order valence-corrected chi connectivity index (χ1v) is 7.45. The summed E-state index contributed by atoms with van der Waals surface area (Å²) in [5.74, 6) is -1.36. The summed E-state index contributed by atoms with van der Waals surface area (Å²) < 4.78 is 19.0. The van der Waals surface area contributed by atoms with Crippen molar-refractivity contribution in [2.75, 3.05) is 23.9 Å². The first kappa shape index (κ1) is 15.9. The first-order chi connectivity index (χ1) is 11.6. The molecule has 24 heavy (non-hydrogen) atoms. The van der Waals surface area contributed by atoms with Crippen LogP contribution in [0.15, 0.2) is 42.6 Å². The van der Waals surface area contributed by atoms with E-state index < -0.39 is 11.7 Å². The number of carbonyl (C=O) groups is 2. The van der Waals surface area contributed by atoms with Crippen molar-refractivity contribution in [3.63, 3.8) is 0 Å². The molecule has 7 heteroatoms. The number of pyridine rings is 1. The second-order valence-corrected chi connectivity index (χ2v) is 5.41. The fourth-order valence-electron chi connectivity index (χ4n) is 2.67. The SMILES string of the molecule is COc1ncccc1NC(=O)[C@@H]1CC(=O)N(c2ccccc2F)C1. The number of para-hydroxylation sites is 1. The summed E-state index contributed by atoms with van der Waals surface area (Å²) >= 11 is 0. The second-order valence-electron chi connectivity index (χ2n) is 5.41. The third-order valence-electron chi connectivity index (χ3n) is 3.86. The Kier molecular flexibility index (Phi) is 4.41. The molecule has 1 aromatic heterocycles. The lowest BCUT2D eigenvalue weighted by atomic mass is 10.1. The lowest BCUT2D eigenvalue weighted by Crippen LogP contribution is -2.28. The van der Waals surface area contributed by atoms with Gasteiger partial charge in [-0.1, -0.05) is 12.1 Å². The van der Waals surface area contributed by atoms with Crippen LogP contribution >= 0.6 is 0 Å². The van der Waals surface area contributed by atoms with Crippen molar-refractivity contribution >= 4 is 23.2 Å². The van der Waals surface area contributed by atoms with Crippen LogP contribution in [0, 0.1) is 11.7 Å². The number of halogens is 1. The molecule has 6 nitrogen and oxygen atoms in total. The fraction of sp³-hybridized carbons (Fsp3) is 0.235. The predicted molar refractivity (Wildman–Crippen MR) is 86.3 cm³/mol. The molecule has 1 aliphatic rings. The molecule has 0 radical (unpaired) electrons. The van der Waals surface area contributed by atoms with Crippen LogP contribution in [0.3, 0.4) is 0 Å². The number of hydrogen-bond acceptors (Lipinski definition) is 4. The number of hydrogen-bond donors (Lipinski definition) is 1. The monoisotopic (exact) mass is 329 g/mol. The molecular weight excluding hydrogens is 313 g/mol. The van der Waals surface area contributed by atoms with Gasteiger partial charge >= 0.3 is 0 Å². The zero-order valence-electron chi connectivity index (χ0n) is 13.0. The van der Waals surface area contributed by atoms with Crippen LogP contribution in [0.5, 0.6) is 5.88 Å². The first-order valence-electron chi connectivity index (χ1n) is 7.45. The third kappa shape index (κ3) is 3.05. The summed E-state index contributed by atoms with van der Waals surface area (Å²) in [5, 5.41) is 2.71. The minimum absolute atomic E-state index is 0.0305. The largest absolute Gasteiger partial charge is 0.480 e. The summed E-state index contributed by atoms with van der Waals surface area (Å²) in [5.41, 5.74) is 0.624. The number of nitrogens with one attached hydrogen (secondary N) is 1. The lowest BCUT2D eigenvalue weighted by Gasteiger charge is -2.17. The molecular formula is C17H16FN3O3. The Hall–Kier alpha value is -2.96. The van der Waals surface area contributed by atoms with Crippen molar-refractivity contribution in [1.29, 1.82) is 0 Å². The molecule has 0 aliphatic carbocycles. The van der Waals surface area contributed by atoms with Gasteiger partial charge in [0, 0.05) is 19.2 Å². The van der Waals surface area contributed by atoms with Crippen LogP contribution < -0.4 is 15.0 Å². The molecule has 0 saturated carbocycles. The lowest BCUT2D eigenvalue weighted by molar-refractivity contribution is -0.122. The van der Waals surface area contributed by atoms with Crippen LogP contribution in [0.25, 0.3) is 0 Å². The molecule has 3 rings (SSSR count). The molecule has 0 unspecified atom stereocenters. The van der Waals surface area contributed by atoms with E-state index in [2.05, 4.69) is 10.3 Å². The molecule has 0 bridgehead atoms. The average molecular weight is 329 g/mol.